The standard InChI is InChI=1S/C34H30N2O3/c1-23-31(26-17-9-4-10-18-26)32(30(38)21-29(37)25-15-7-3-8-16-25)34(35-23)27-19-11-12-20-28(27)36(33(34)39)22-24-13-5-2-6-14-24/h2-21,23,31-32,35,37H,22H2,1H3/b29-21-/t23-,31+,32+,34+/m1/s1. The molecule has 0 aromatic heterocycles. The average Bonchev–Trinajstić information content (AvgIpc) is 3.41. The smallest absolute Gasteiger partial charge is 0.253 e. The van der Waals surface area contributed by atoms with Crippen LogP contribution in [0.3, 0.4) is 0 Å². The molecule has 1 fully saturated rings. The van der Waals surface area contributed by atoms with Crippen LogP contribution in [0.2, 0.25) is 0 Å². The van der Waals surface area contributed by atoms with E-state index in [4.69, 9.17) is 0 Å². The number of carbonyl (C=O) groups is 2. The molecule has 39 heavy (non-hydrogen) atoms. The lowest BCUT2D eigenvalue weighted by molar-refractivity contribution is -0.131. The number of rotatable bonds is 6. The summed E-state index contributed by atoms with van der Waals surface area (Å²) in [5.74, 6) is -1.60. The van der Waals surface area contributed by atoms with Gasteiger partial charge in [0.05, 0.1) is 12.5 Å². The molecule has 2 heterocycles. The van der Waals surface area contributed by atoms with E-state index >= 15 is 0 Å². The first-order chi connectivity index (χ1) is 19.0. The van der Waals surface area contributed by atoms with Gasteiger partial charge in [0.1, 0.15) is 11.3 Å². The molecule has 2 aliphatic heterocycles. The highest BCUT2D eigenvalue weighted by molar-refractivity contribution is 6.13. The van der Waals surface area contributed by atoms with Crippen molar-refractivity contribution < 1.29 is 14.7 Å². The minimum Gasteiger partial charge on any atom is -0.507 e. The number of anilines is 1. The molecule has 1 spiro atoms. The average molecular weight is 515 g/mol. The van der Waals surface area contributed by atoms with Crippen molar-refractivity contribution in [3.05, 3.63) is 144 Å². The van der Waals surface area contributed by atoms with Gasteiger partial charge in [0, 0.05) is 34.9 Å². The van der Waals surface area contributed by atoms with Crippen molar-refractivity contribution in [2.45, 2.75) is 31.0 Å². The maximum Gasteiger partial charge on any atom is 0.253 e. The lowest BCUT2D eigenvalue weighted by atomic mass is 9.70. The number of ketones is 1. The Morgan fingerprint density at radius 1 is 0.872 bits per heavy atom. The molecule has 0 saturated carbocycles. The molecule has 4 atom stereocenters. The molecular formula is C34H30N2O3. The van der Waals surface area contributed by atoms with Crippen LogP contribution in [-0.2, 0) is 21.7 Å². The monoisotopic (exact) mass is 514 g/mol. The normalized spacial score (nSPS) is 24.2. The summed E-state index contributed by atoms with van der Waals surface area (Å²) < 4.78 is 0. The first kappa shape index (κ1) is 24.8. The summed E-state index contributed by atoms with van der Waals surface area (Å²) >= 11 is 0. The van der Waals surface area contributed by atoms with Gasteiger partial charge in [-0.05, 0) is 24.1 Å². The van der Waals surface area contributed by atoms with Crippen molar-refractivity contribution in [2.75, 3.05) is 4.90 Å². The van der Waals surface area contributed by atoms with Crippen molar-refractivity contribution in [1.82, 2.24) is 5.32 Å². The Balaban J connectivity index is 1.51. The van der Waals surface area contributed by atoms with Crippen LogP contribution in [0, 0.1) is 5.92 Å². The largest absolute Gasteiger partial charge is 0.507 e. The molecule has 5 heteroatoms. The molecule has 2 N–H and O–H groups in total. The minimum absolute atomic E-state index is 0.109. The number of hydrogen-bond donors (Lipinski definition) is 2. The molecule has 5 nitrogen and oxygen atoms in total. The van der Waals surface area contributed by atoms with E-state index in [1.54, 1.807) is 17.0 Å². The third-order valence-corrected chi connectivity index (χ3v) is 8.04. The Hall–Kier alpha value is -4.48. The number of para-hydroxylation sites is 1. The van der Waals surface area contributed by atoms with Gasteiger partial charge in [-0.15, -0.1) is 0 Å². The van der Waals surface area contributed by atoms with Crippen molar-refractivity contribution in [1.29, 1.82) is 0 Å². The minimum atomic E-state index is -1.27. The molecular weight excluding hydrogens is 484 g/mol. The van der Waals surface area contributed by atoms with Crippen molar-refractivity contribution >= 4 is 23.1 Å². The molecule has 0 unspecified atom stereocenters. The number of carbonyl (C=O) groups excluding carboxylic acids is 2. The first-order valence-corrected chi connectivity index (χ1v) is 13.3. The quantitative estimate of drug-likeness (QED) is 0.245. The SMILES string of the molecule is C[C@H]1N[C@]2(C(=O)N(Cc3ccccc3)c3ccccc32)[C@@H](C(=O)/C=C(\O)c2ccccc2)[C@@H]1c1ccccc1. The van der Waals surface area contributed by atoms with E-state index in [1.165, 1.54) is 6.08 Å². The molecule has 2 aliphatic rings. The zero-order chi connectivity index (χ0) is 27.0. The molecule has 0 bridgehead atoms. The van der Waals surface area contributed by atoms with Crippen LogP contribution < -0.4 is 10.2 Å². The maximum atomic E-state index is 14.6. The highest BCUT2D eigenvalue weighted by Gasteiger charge is 2.64. The second-order valence-electron chi connectivity index (χ2n) is 10.3. The van der Waals surface area contributed by atoms with Gasteiger partial charge >= 0.3 is 0 Å². The molecule has 6 rings (SSSR count). The van der Waals surface area contributed by atoms with Gasteiger partial charge in [0.15, 0.2) is 5.78 Å². The highest BCUT2D eigenvalue weighted by atomic mass is 16.3. The molecule has 1 amide bonds. The van der Waals surface area contributed by atoms with Crippen molar-refractivity contribution in [2.24, 2.45) is 5.92 Å². The summed E-state index contributed by atoms with van der Waals surface area (Å²) in [5.41, 5.74) is 2.87. The lowest BCUT2D eigenvalue weighted by Gasteiger charge is -2.31. The van der Waals surface area contributed by atoms with Gasteiger partial charge in [0.2, 0.25) is 0 Å². The molecule has 194 valence electrons. The summed E-state index contributed by atoms with van der Waals surface area (Å²) in [6, 6.07) is 36.3. The van der Waals surface area contributed by atoms with Crippen LogP contribution in [0.1, 0.15) is 35.1 Å². The van der Waals surface area contributed by atoms with Gasteiger partial charge in [0.25, 0.3) is 5.91 Å². The maximum absolute atomic E-state index is 14.6. The second kappa shape index (κ2) is 10.0. The van der Waals surface area contributed by atoms with Crippen molar-refractivity contribution in [3.8, 4) is 0 Å². The number of benzene rings is 4. The molecule has 0 aliphatic carbocycles. The number of nitrogens with one attached hydrogen (secondary N) is 1. The lowest BCUT2D eigenvalue weighted by Crippen LogP contribution is -2.53. The van der Waals surface area contributed by atoms with E-state index in [1.807, 2.05) is 110 Å². The second-order valence-corrected chi connectivity index (χ2v) is 10.3. The zero-order valence-corrected chi connectivity index (χ0v) is 21.7. The number of aliphatic hydroxyl groups excluding tert-OH is 1. The van der Waals surface area contributed by atoms with E-state index in [0.29, 0.717) is 12.1 Å². The van der Waals surface area contributed by atoms with Crippen molar-refractivity contribution in [3.63, 3.8) is 0 Å². The Labute approximate surface area is 228 Å². The van der Waals surface area contributed by atoms with E-state index in [-0.39, 0.29) is 29.4 Å². The van der Waals surface area contributed by atoms with Gasteiger partial charge in [-0.25, -0.2) is 0 Å². The predicted molar refractivity (Wildman–Crippen MR) is 153 cm³/mol. The highest BCUT2D eigenvalue weighted by Crippen LogP contribution is 2.55. The van der Waals surface area contributed by atoms with Crippen LogP contribution >= 0.6 is 0 Å². The number of amides is 1. The summed E-state index contributed by atoms with van der Waals surface area (Å²) in [6.07, 6.45) is 1.30. The Morgan fingerprint density at radius 2 is 1.46 bits per heavy atom. The number of aliphatic hydroxyl groups is 1. The van der Waals surface area contributed by atoms with Crippen LogP contribution in [0.25, 0.3) is 5.76 Å². The fourth-order valence-electron chi connectivity index (χ4n) is 6.40. The van der Waals surface area contributed by atoms with Gasteiger partial charge < -0.3 is 10.0 Å². The van der Waals surface area contributed by atoms with E-state index < -0.39 is 11.5 Å². The number of nitrogens with zero attached hydrogens (tertiary/aromatic N) is 1. The van der Waals surface area contributed by atoms with Gasteiger partial charge in [-0.1, -0.05) is 109 Å². The third-order valence-electron chi connectivity index (χ3n) is 8.04. The molecule has 0 radical (unpaired) electrons. The van der Waals surface area contributed by atoms with E-state index in [9.17, 15) is 14.7 Å². The van der Waals surface area contributed by atoms with Crippen LogP contribution in [0.15, 0.2) is 121 Å². The first-order valence-electron chi connectivity index (χ1n) is 13.3. The summed E-state index contributed by atoms with van der Waals surface area (Å²) in [6.45, 7) is 2.43. The Bertz CT molecular complexity index is 1530. The zero-order valence-electron chi connectivity index (χ0n) is 21.7. The van der Waals surface area contributed by atoms with Crippen LogP contribution in [0.5, 0.6) is 0 Å². The summed E-state index contributed by atoms with van der Waals surface area (Å²) in [7, 11) is 0. The molecule has 4 aromatic rings. The van der Waals surface area contributed by atoms with E-state index in [0.717, 1.165) is 22.4 Å². The number of hydrogen-bond acceptors (Lipinski definition) is 4. The fraction of sp³-hybridized carbons (Fsp3) is 0.176. The van der Waals surface area contributed by atoms with Crippen LogP contribution in [-0.4, -0.2) is 22.8 Å². The summed E-state index contributed by atoms with van der Waals surface area (Å²) in [5, 5.41) is 14.6. The number of fused-ring (bicyclic) bond motifs is 2. The summed E-state index contributed by atoms with van der Waals surface area (Å²) in [4.78, 5) is 30.7. The number of allylic oxidation sites excluding steroid dienone is 1. The van der Waals surface area contributed by atoms with E-state index in [2.05, 4.69) is 5.32 Å². The molecule has 4 aromatic carbocycles. The predicted octanol–water partition coefficient (Wildman–Crippen LogP) is 5.99. The molecule has 1 saturated heterocycles. The fourth-order valence-corrected chi connectivity index (χ4v) is 6.40. The van der Waals surface area contributed by atoms with Gasteiger partial charge in [-0.2, -0.15) is 0 Å². The van der Waals surface area contributed by atoms with Crippen LogP contribution in [0.4, 0.5) is 5.69 Å². The van der Waals surface area contributed by atoms with Gasteiger partial charge in [-0.3, -0.25) is 14.9 Å². The third kappa shape index (κ3) is 4.16. The Kier molecular flexibility index (Phi) is 6.37. The topological polar surface area (TPSA) is 69.6 Å². The Morgan fingerprint density at radius 3 is 2.15 bits per heavy atom.